The molecule has 1 aromatic carbocycles. The quantitative estimate of drug-likeness (QED) is 0.366. The van der Waals surface area contributed by atoms with Gasteiger partial charge in [-0.05, 0) is 75.6 Å². The van der Waals surface area contributed by atoms with Crippen LogP contribution in [0.4, 0.5) is 5.00 Å². The fourth-order valence-electron chi connectivity index (χ4n) is 5.87. The number of nitriles is 1. The van der Waals surface area contributed by atoms with Crippen molar-refractivity contribution < 1.29 is 19.1 Å². The minimum atomic E-state index is -0.557. The van der Waals surface area contributed by atoms with Crippen LogP contribution in [-0.2, 0) is 22.4 Å². The molecule has 3 aliphatic rings. The normalized spacial score (nSPS) is 19.4. The van der Waals surface area contributed by atoms with Gasteiger partial charge in [-0.25, -0.2) is 4.79 Å². The number of aryl methyl sites for hydroxylation is 1. The highest BCUT2D eigenvalue weighted by Gasteiger charge is 2.42. The first-order valence-corrected chi connectivity index (χ1v) is 14.3. The van der Waals surface area contributed by atoms with Gasteiger partial charge in [0, 0.05) is 22.6 Å². The predicted octanol–water partition coefficient (Wildman–Crippen LogP) is 5.90. The number of hydrogen-bond acceptors (Lipinski definition) is 8. The van der Waals surface area contributed by atoms with Gasteiger partial charge >= 0.3 is 5.97 Å². The Hall–Kier alpha value is -3.57. The first-order chi connectivity index (χ1) is 18.5. The number of carbonyl (C=O) groups excluding carboxylic acids is 2. The largest absolute Gasteiger partial charge is 0.494 e. The van der Waals surface area contributed by atoms with Gasteiger partial charge in [0.25, 0.3) is 0 Å². The maximum absolute atomic E-state index is 13.5. The number of esters is 1. The van der Waals surface area contributed by atoms with E-state index in [0.29, 0.717) is 47.6 Å². The number of nitrogens with two attached hydrogens (primary N) is 1. The van der Waals surface area contributed by atoms with Crippen molar-refractivity contribution in [1.29, 1.82) is 5.26 Å². The molecule has 2 aliphatic carbocycles. The van der Waals surface area contributed by atoms with Gasteiger partial charge in [-0.15, -0.1) is 11.3 Å². The van der Waals surface area contributed by atoms with E-state index in [1.54, 1.807) is 18.3 Å². The first kappa shape index (κ1) is 26.1. The van der Waals surface area contributed by atoms with Crippen LogP contribution in [-0.4, -0.2) is 25.0 Å². The minimum Gasteiger partial charge on any atom is -0.494 e. The molecule has 1 aromatic heterocycles. The number of allylic oxidation sites excluding steroid dienone is 3. The van der Waals surface area contributed by atoms with Crippen molar-refractivity contribution in [2.45, 2.75) is 71.1 Å². The molecule has 0 radical (unpaired) electrons. The zero-order chi connectivity index (χ0) is 26.8. The van der Waals surface area contributed by atoms with Crippen LogP contribution in [0, 0.1) is 11.3 Å². The van der Waals surface area contributed by atoms with Crippen molar-refractivity contribution in [3.63, 3.8) is 0 Å². The van der Waals surface area contributed by atoms with Crippen molar-refractivity contribution in [2.75, 3.05) is 18.1 Å². The molecule has 0 unspecified atom stereocenters. The summed E-state index contributed by atoms with van der Waals surface area (Å²) in [6.45, 7) is 4.54. The van der Waals surface area contributed by atoms with Crippen LogP contribution in [0.15, 0.2) is 46.9 Å². The Labute approximate surface area is 227 Å². The van der Waals surface area contributed by atoms with Crippen LogP contribution >= 0.6 is 11.3 Å². The number of fused-ring (bicyclic) bond motifs is 1. The Kier molecular flexibility index (Phi) is 7.57. The van der Waals surface area contributed by atoms with Crippen LogP contribution in [0.3, 0.4) is 0 Å². The smallest absolute Gasteiger partial charge is 0.341 e. The lowest BCUT2D eigenvalue weighted by Gasteiger charge is -2.39. The summed E-state index contributed by atoms with van der Waals surface area (Å²) in [4.78, 5) is 29.9. The van der Waals surface area contributed by atoms with Gasteiger partial charge in [-0.2, -0.15) is 5.26 Å². The monoisotopic (exact) mass is 531 g/mol. The molecular formula is C30H33N3O4S. The van der Waals surface area contributed by atoms with Crippen molar-refractivity contribution in [2.24, 2.45) is 5.73 Å². The number of benzene rings is 1. The van der Waals surface area contributed by atoms with Crippen LogP contribution in [0.1, 0.15) is 84.7 Å². The minimum absolute atomic E-state index is 0.0196. The molecule has 2 N–H and O–H groups in total. The molecular weight excluding hydrogens is 498 g/mol. The van der Waals surface area contributed by atoms with Gasteiger partial charge in [-0.1, -0.05) is 18.6 Å². The summed E-state index contributed by atoms with van der Waals surface area (Å²) in [6, 6.07) is 9.85. The first-order valence-electron chi connectivity index (χ1n) is 13.5. The number of anilines is 1. The summed E-state index contributed by atoms with van der Waals surface area (Å²) >= 11 is 1.55. The fraction of sp³-hybridized carbons (Fsp3) is 0.433. The molecule has 0 spiro atoms. The molecule has 198 valence electrons. The van der Waals surface area contributed by atoms with Crippen molar-refractivity contribution >= 4 is 28.1 Å². The number of hydrogen-bond donors (Lipinski definition) is 1. The molecule has 5 rings (SSSR count). The predicted molar refractivity (Wildman–Crippen MR) is 147 cm³/mol. The number of rotatable bonds is 6. The summed E-state index contributed by atoms with van der Waals surface area (Å²) < 4.78 is 11.1. The summed E-state index contributed by atoms with van der Waals surface area (Å²) in [5.41, 5.74) is 10.9. The third kappa shape index (κ3) is 4.49. The Morgan fingerprint density at radius 3 is 2.55 bits per heavy atom. The van der Waals surface area contributed by atoms with Gasteiger partial charge < -0.3 is 15.2 Å². The summed E-state index contributed by atoms with van der Waals surface area (Å²) in [7, 11) is 0. The second-order valence-electron chi connectivity index (χ2n) is 9.78. The average Bonchev–Trinajstić information content (AvgIpc) is 3.10. The third-order valence-corrected chi connectivity index (χ3v) is 8.80. The zero-order valence-corrected chi connectivity index (χ0v) is 22.8. The molecule has 8 heteroatoms. The molecule has 0 amide bonds. The molecule has 38 heavy (non-hydrogen) atoms. The Bertz CT molecular complexity index is 1360. The van der Waals surface area contributed by atoms with E-state index in [1.807, 2.05) is 36.1 Å². The molecule has 7 nitrogen and oxygen atoms in total. The van der Waals surface area contributed by atoms with E-state index < -0.39 is 5.92 Å². The van der Waals surface area contributed by atoms with Crippen LogP contribution in [0.25, 0.3) is 0 Å². The van der Waals surface area contributed by atoms with E-state index in [2.05, 4.69) is 6.07 Å². The topological polar surface area (TPSA) is 106 Å². The molecule has 0 bridgehead atoms. The van der Waals surface area contributed by atoms with Gasteiger partial charge in [-0.3, -0.25) is 9.69 Å². The van der Waals surface area contributed by atoms with E-state index in [0.717, 1.165) is 54.7 Å². The molecule has 0 fully saturated rings. The number of ether oxygens (including phenoxy) is 2. The highest BCUT2D eigenvalue weighted by molar-refractivity contribution is 7.16. The van der Waals surface area contributed by atoms with E-state index in [4.69, 9.17) is 15.2 Å². The summed E-state index contributed by atoms with van der Waals surface area (Å²) in [6.07, 6.45) is 6.66. The van der Waals surface area contributed by atoms with Crippen LogP contribution in [0.5, 0.6) is 5.75 Å². The van der Waals surface area contributed by atoms with E-state index in [9.17, 15) is 14.9 Å². The standard InChI is InChI=1S/C30H33N3O4S/c1-3-36-19-15-13-18(14-16-19)25-21(17-31)28(32)33(22-10-8-11-23(34)27(22)25)29-26(30(35)37-4-2)20-9-6-5-7-12-24(20)38-29/h13-16,25H,3-12,32H2,1-2H3/t25-/m1/s1. The number of thiophene rings is 1. The van der Waals surface area contributed by atoms with Crippen molar-refractivity contribution in [1.82, 2.24) is 0 Å². The number of nitrogens with zero attached hydrogens (tertiary/aromatic N) is 2. The second-order valence-corrected chi connectivity index (χ2v) is 10.9. The average molecular weight is 532 g/mol. The Morgan fingerprint density at radius 2 is 1.84 bits per heavy atom. The third-order valence-electron chi connectivity index (χ3n) is 7.52. The summed E-state index contributed by atoms with van der Waals surface area (Å²) in [5.74, 6) is 0.102. The van der Waals surface area contributed by atoms with Gasteiger partial charge in [0.2, 0.25) is 0 Å². The van der Waals surface area contributed by atoms with Gasteiger partial charge in [0.05, 0.1) is 36.3 Å². The van der Waals surface area contributed by atoms with Crippen LogP contribution < -0.4 is 15.4 Å². The molecule has 2 aromatic rings. The molecule has 0 saturated heterocycles. The molecule has 1 atom stereocenters. The highest BCUT2D eigenvalue weighted by Crippen LogP contribution is 2.50. The zero-order valence-electron chi connectivity index (χ0n) is 22.0. The highest BCUT2D eigenvalue weighted by atomic mass is 32.1. The van der Waals surface area contributed by atoms with E-state index in [1.165, 1.54) is 4.88 Å². The maximum atomic E-state index is 13.5. The molecule has 0 saturated carbocycles. The SMILES string of the molecule is CCOC(=O)c1c(N2C(N)=C(C#N)[C@@H](c3ccc(OCC)cc3)C3=C2CCCC3=O)sc2c1CCCCC2. The van der Waals surface area contributed by atoms with Gasteiger partial charge in [0.1, 0.15) is 16.6 Å². The maximum Gasteiger partial charge on any atom is 0.341 e. The molecule has 2 heterocycles. The van der Waals surface area contributed by atoms with Crippen LogP contribution in [0.2, 0.25) is 0 Å². The lowest BCUT2D eigenvalue weighted by molar-refractivity contribution is -0.116. The van der Waals surface area contributed by atoms with Gasteiger partial charge in [0.15, 0.2) is 5.78 Å². The number of Topliss-reactive ketones (excluding diaryl/α,β-unsaturated/α-hetero) is 1. The van der Waals surface area contributed by atoms with Crippen molar-refractivity contribution in [3.05, 3.63) is 68.5 Å². The second kappa shape index (κ2) is 11.0. The number of ketones is 1. The van der Waals surface area contributed by atoms with E-state index >= 15 is 0 Å². The van der Waals surface area contributed by atoms with E-state index in [-0.39, 0.29) is 24.2 Å². The Balaban J connectivity index is 1.71. The lowest BCUT2D eigenvalue weighted by Crippen LogP contribution is -2.39. The fourth-order valence-corrected chi connectivity index (χ4v) is 7.29. The Morgan fingerprint density at radius 1 is 1.08 bits per heavy atom. The van der Waals surface area contributed by atoms with Crippen molar-refractivity contribution in [3.8, 4) is 11.8 Å². The molecule has 1 aliphatic heterocycles. The summed E-state index contributed by atoms with van der Waals surface area (Å²) in [5, 5.41) is 11.0. The number of carbonyl (C=O) groups is 2. The lowest BCUT2D eigenvalue weighted by atomic mass is 9.75.